The molecule has 1 aliphatic carbocycles. The van der Waals surface area contributed by atoms with E-state index in [4.69, 9.17) is 9.47 Å². The molecule has 1 saturated carbocycles. The zero-order valence-corrected chi connectivity index (χ0v) is 19.3. The van der Waals surface area contributed by atoms with Crippen LogP contribution in [0.1, 0.15) is 53.7 Å². The molecule has 1 heterocycles. The highest BCUT2D eigenvalue weighted by molar-refractivity contribution is 6.07. The number of rotatable bonds is 11. The molecule has 180 valence electrons. The van der Waals surface area contributed by atoms with Crippen molar-refractivity contribution in [3.8, 4) is 11.5 Å². The lowest BCUT2D eigenvalue weighted by Gasteiger charge is -2.29. The van der Waals surface area contributed by atoms with E-state index in [2.05, 4.69) is 5.32 Å². The zero-order valence-electron chi connectivity index (χ0n) is 19.3. The molecule has 0 unspecified atom stereocenters. The predicted octanol–water partition coefficient (Wildman–Crippen LogP) is 3.38. The first kappa shape index (κ1) is 23.6. The Morgan fingerprint density at radius 3 is 2.76 bits per heavy atom. The lowest BCUT2D eigenvalue weighted by molar-refractivity contribution is -0.150. The van der Waals surface area contributed by atoms with Crippen LogP contribution < -0.4 is 14.8 Å². The fourth-order valence-electron chi connectivity index (χ4n) is 4.30. The van der Waals surface area contributed by atoms with Crippen molar-refractivity contribution in [3.05, 3.63) is 53.1 Å². The second-order valence-corrected chi connectivity index (χ2v) is 8.45. The van der Waals surface area contributed by atoms with Crippen LogP contribution in [0.15, 0.2) is 36.4 Å². The number of fused-ring (bicyclic) bond motifs is 1. The fraction of sp³-hybridized carbons (Fsp3) is 0.400. The minimum Gasteiger partial charge on any atom is -0.493 e. The average molecular weight is 468 g/mol. The molecule has 34 heavy (non-hydrogen) atoms. The summed E-state index contributed by atoms with van der Waals surface area (Å²) in [5.41, 5.74) is 2.60. The van der Waals surface area contributed by atoms with E-state index in [9.17, 15) is 19.6 Å². The van der Waals surface area contributed by atoms with Crippen LogP contribution in [0, 0.1) is 5.92 Å². The second-order valence-electron chi connectivity index (χ2n) is 8.45. The van der Waals surface area contributed by atoms with Crippen molar-refractivity contribution in [2.24, 2.45) is 5.92 Å². The summed E-state index contributed by atoms with van der Waals surface area (Å²) in [6.07, 6.45) is 2.38. The van der Waals surface area contributed by atoms with E-state index >= 15 is 0 Å². The lowest BCUT2D eigenvalue weighted by atomic mass is 10.0. The highest BCUT2D eigenvalue weighted by Gasteiger charge is 2.37. The van der Waals surface area contributed by atoms with Gasteiger partial charge in [0.2, 0.25) is 12.3 Å². The Hall–Kier alpha value is -3.59. The summed E-state index contributed by atoms with van der Waals surface area (Å²) in [6, 6.07) is 10.4. The van der Waals surface area contributed by atoms with Crippen LogP contribution in [-0.2, 0) is 16.1 Å². The van der Waals surface area contributed by atoms with E-state index in [1.807, 2.05) is 31.2 Å². The molecular formula is C25H29N3O6. The molecule has 2 aromatic carbocycles. The maximum Gasteiger partial charge on any atom is 0.257 e. The summed E-state index contributed by atoms with van der Waals surface area (Å²) >= 11 is 0. The number of methoxy groups -OCH3 is 1. The predicted molar refractivity (Wildman–Crippen MR) is 124 cm³/mol. The number of carbonyl (C=O) groups is 3. The number of benzene rings is 2. The van der Waals surface area contributed by atoms with E-state index in [-0.39, 0.29) is 24.3 Å². The Kier molecular flexibility index (Phi) is 7.02. The second kappa shape index (κ2) is 10.1. The molecule has 0 spiro atoms. The molecule has 1 aliphatic heterocycles. The van der Waals surface area contributed by atoms with Crippen molar-refractivity contribution < 1.29 is 29.1 Å². The summed E-state index contributed by atoms with van der Waals surface area (Å²) in [5, 5.41) is 13.2. The lowest BCUT2D eigenvalue weighted by Crippen LogP contribution is -2.32. The van der Waals surface area contributed by atoms with Gasteiger partial charge >= 0.3 is 0 Å². The summed E-state index contributed by atoms with van der Waals surface area (Å²) in [7, 11) is 1.56. The number of hydroxylamine groups is 2. The number of hydrogen-bond donors (Lipinski definition) is 2. The third-order valence-corrected chi connectivity index (χ3v) is 6.17. The molecule has 3 amide bonds. The Labute approximate surface area is 198 Å². The highest BCUT2D eigenvalue weighted by atomic mass is 16.5. The van der Waals surface area contributed by atoms with Gasteiger partial charge < -0.3 is 19.7 Å². The first-order chi connectivity index (χ1) is 16.5. The molecule has 0 radical (unpaired) electrons. The van der Waals surface area contributed by atoms with Gasteiger partial charge in [-0.15, -0.1) is 0 Å². The largest absolute Gasteiger partial charge is 0.493 e. The maximum atomic E-state index is 13.6. The summed E-state index contributed by atoms with van der Waals surface area (Å²) in [5.74, 6) is 0.865. The van der Waals surface area contributed by atoms with Crippen LogP contribution in [-0.4, -0.2) is 53.7 Å². The van der Waals surface area contributed by atoms with Gasteiger partial charge in [0.25, 0.3) is 5.91 Å². The van der Waals surface area contributed by atoms with Crippen molar-refractivity contribution in [1.29, 1.82) is 0 Å². The molecule has 9 nitrogen and oxygen atoms in total. The van der Waals surface area contributed by atoms with Crippen LogP contribution in [0.2, 0.25) is 0 Å². The Morgan fingerprint density at radius 2 is 2.09 bits per heavy atom. The van der Waals surface area contributed by atoms with Gasteiger partial charge in [-0.3, -0.25) is 19.6 Å². The Balaban J connectivity index is 1.66. The zero-order chi connectivity index (χ0) is 24.2. The average Bonchev–Trinajstić information content (AvgIpc) is 3.64. The van der Waals surface area contributed by atoms with E-state index in [1.54, 1.807) is 24.1 Å². The smallest absolute Gasteiger partial charge is 0.257 e. The number of nitrogens with one attached hydrogen (secondary N) is 1. The minimum atomic E-state index is -0.452. The fourth-order valence-corrected chi connectivity index (χ4v) is 4.30. The summed E-state index contributed by atoms with van der Waals surface area (Å²) in [4.78, 5) is 38.6. The molecule has 0 bridgehead atoms. The quantitative estimate of drug-likeness (QED) is 0.298. The van der Waals surface area contributed by atoms with Gasteiger partial charge in [0, 0.05) is 12.5 Å². The number of carbonyl (C=O) groups excluding carboxylic acids is 3. The van der Waals surface area contributed by atoms with Crippen LogP contribution >= 0.6 is 0 Å². The van der Waals surface area contributed by atoms with E-state index in [0.29, 0.717) is 53.8 Å². The number of nitrogens with zero attached hydrogens (tertiary/aromatic N) is 2. The third kappa shape index (κ3) is 4.84. The first-order valence-corrected chi connectivity index (χ1v) is 11.4. The van der Waals surface area contributed by atoms with Crippen molar-refractivity contribution in [2.75, 3.05) is 25.6 Å². The van der Waals surface area contributed by atoms with Crippen LogP contribution in [0.4, 0.5) is 5.69 Å². The molecule has 0 aromatic heterocycles. The highest BCUT2D eigenvalue weighted by Crippen LogP contribution is 2.40. The van der Waals surface area contributed by atoms with Gasteiger partial charge in [-0.05, 0) is 55.5 Å². The molecule has 4 rings (SSSR count). The van der Waals surface area contributed by atoms with E-state index < -0.39 is 6.04 Å². The minimum absolute atomic E-state index is 0.0198. The van der Waals surface area contributed by atoms with Gasteiger partial charge in [0.1, 0.15) is 0 Å². The third-order valence-electron chi connectivity index (χ3n) is 6.17. The SMILES string of the molecule is CCOc1cc([C@@H](CCN(O)C=O)N2Cc3cccc(NC(=O)C4CC4)c3C2=O)ccc1OC. The monoisotopic (exact) mass is 467 g/mol. The standard InChI is InChI=1S/C25H29N3O6/c1-3-34-22-13-17(9-10-21(22)33-2)20(11-12-27(32)15-29)28-14-18-5-4-6-19(23(18)25(28)31)26-24(30)16-7-8-16/h4-6,9-10,13,15-16,20,32H,3,7-8,11-12,14H2,1-2H3,(H,26,30)/t20-/m1/s1. The summed E-state index contributed by atoms with van der Waals surface area (Å²) < 4.78 is 11.1. The summed E-state index contributed by atoms with van der Waals surface area (Å²) in [6.45, 7) is 2.69. The number of ether oxygens (including phenoxy) is 2. The van der Waals surface area contributed by atoms with E-state index in [1.165, 1.54) is 0 Å². The molecule has 2 aliphatic rings. The van der Waals surface area contributed by atoms with Gasteiger partial charge in [-0.25, -0.2) is 5.06 Å². The van der Waals surface area contributed by atoms with Gasteiger partial charge in [0.05, 0.1) is 37.6 Å². The molecule has 1 fully saturated rings. The van der Waals surface area contributed by atoms with Crippen molar-refractivity contribution in [3.63, 3.8) is 0 Å². The maximum absolute atomic E-state index is 13.6. The van der Waals surface area contributed by atoms with Crippen molar-refractivity contribution in [2.45, 2.75) is 38.8 Å². The molecular weight excluding hydrogens is 438 g/mol. The Bertz CT molecular complexity index is 1080. The van der Waals surface area contributed by atoms with Crippen molar-refractivity contribution in [1.82, 2.24) is 9.96 Å². The molecule has 2 aromatic rings. The van der Waals surface area contributed by atoms with Gasteiger partial charge in [-0.1, -0.05) is 18.2 Å². The number of hydrogen-bond acceptors (Lipinski definition) is 6. The van der Waals surface area contributed by atoms with E-state index in [0.717, 1.165) is 24.0 Å². The number of amides is 3. The van der Waals surface area contributed by atoms with Gasteiger partial charge in [0.15, 0.2) is 11.5 Å². The molecule has 2 N–H and O–H groups in total. The van der Waals surface area contributed by atoms with Crippen LogP contribution in [0.25, 0.3) is 0 Å². The van der Waals surface area contributed by atoms with Gasteiger partial charge in [-0.2, -0.15) is 0 Å². The Morgan fingerprint density at radius 1 is 1.29 bits per heavy atom. The molecule has 9 heteroatoms. The molecule has 1 atom stereocenters. The number of anilines is 1. The first-order valence-electron chi connectivity index (χ1n) is 11.4. The van der Waals surface area contributed by atoms with Crippen LogP contribution in [0.3, 0.4) is 0 Å². The normalized spacial score (nSPS) is 15.5. The van der Waals surface area contributed by atoms with Crippen molar-refractivity contribution >= 4 is 23.9 Å². The van der Waals surface area contributed by atoms with Crippen LogP contribution in [0.5, 0.6) is 11.5 Å². The molecule has 0 saturated heterocycles. The topological polar surface area (TPSA) is 108 Å².